The second-order valence-electron chi connectivity index (χ2n) is 7.42. The van der Waals surface area contributed by atoms with E-state index in [-0.39, 0.29) is 22.9 Å². The number of carbonyl (C=O) groups is 1. The first kappa shape index (κ1) is 21.1. The van der Waals surface area contributed by atoms with Gasteiger partial charge in [0, 0.05) is 11.3 Å². The highest BCUT2D eigenvalue weighted by Crippen LogP contribution is 2.39. The lowest BCUT2D eigenvalue weighted by Gasteiger charge is -2.32. The van der Waals surface area contributed by atoms with Crippen molar-refractivity contribution < 1.29 is 14.3 Å². The van der Waals surface area contributed by atoms with Crippen LogP contribution >= 0.6 is 23.1 Å². The molecule has 0 aliphatic carbocycles. The lowest BCUT2D eigenvalue weighted by atomic mass is 9.90. The highest BCUT2D eigenvalue weighted by atomic mass is 32.2. The predicted octanol–water partition coefficient (Wildman–Crippen LogP) is 4.34. The van der Waals surface area contributed by atoms with E-state index in [2.05, 4.69) is 13.8 Å². The van der Waals surface area contributed by atoms with Crippen LogP contribution in [0.2, 0.25) is 0 Å². The Morgan fingerprint density at radius 1 is 1.33 bits per heavy atom. The number of nitrogens with zero attached hydrogens (tertiary/aromatic N) is 2. The van der Waals surface area contributed by atoms with Crippen LogP contribution in [0.25, 0.3) is 15.9 Å². The van der Waals surface area contributed by atoms with Gasteiger partial charge in [0.15, 0.2) is 5.16 Å². The number of benzene rings is 1. The number of aromatic nitrogens is 2. The summed E-state index contributed by atoms with van der Waals surface area (Å²) in [6, 6.07) is 9.43. The minimum Gasteiger partial charge on any atom is -0.465 e. The molecule has 0 saturated heterocycles. The molecule has 3 aromatic rings. The van der Waals surface area contributed by atoms with Crippen LogP contribution in [0.15, 0.2) is 40.3 Å². The van der Waals surface area contributed by atoms with Crippen LogP contribution in [0.3, 0.4) is 0 Å². The number of esters is 1. The second kappa shape index (κ2) is 8.53. The minimum atomic E-state index is -0.325. The first-order valence-corrected chi connectivity index (χ1v) is 11.8. The van der Waals surface area contributed by atoms with Gasteiger partial charge >= 0.3 is 5.97 Å². The molecule has 2 aromatic heterocycles. The van der Waals surface area contributed by atoms with Gasteiger partial charge in [0.25, 0.3) is 5.56 Å². The van der Waals surface area contributed by atoms with Crippen molar-refractivity contribution in [1.29, 1.82) is 0 Å². The summed E-state index contributed by atoms with van der Waals surface area (Å²) in [4.78, 5) is 32.2. The van der Waals surface area contributed by atoms with E-state index in [0.29, 0.717) is 35.0 Å². The fraction of sp³-hybridized carbons (Fsp3) is 0.409. The van der Waals surface area contributed by atoms with E-state index in [4.69, 9.17) is 14.5 Å². The van der Waals surface area contributed by atoms with Gasteiger partial charge in [-0.1, -0.05) is 36.9 Å². The Bertz CT molecular complexity index is 1140. The van der Waals surface area contributed by atoms with Gasteiger partial charge in [-0.15, -0.1) is 11.3 Å². The number of thioether (sulfide) groups is 1. The molecule has 6 nitrogen and oxygen atoms in total. The molecule has 158 valence electrons. The van der Waals surface area contributed by atoms with Crippen molar-refractivity contribution in [3.8, 4) is 5.69 Å². The molecular formula is C22H24N2O4S2. The first-order valence-electron chi connectivity index (χ1n) is 10.0. The number of para-hydroxylation sites is 1. The Hall–Kier alpha value is -2.16. The Balaban J connectivity index is 1.87. The molecule has 1 atom stereocenters. The van der Waals surface area contributed by atoms with Gasteiger partial charge in [-0.05, 0) is 38.0 Å². The average Bonchev–Trinajstić information content (AvgIpc) is 3.10. The molecule has 1 aromatic carbocycles. The van der Waals surface area contributed by atoms with E-state index in [0.717, 1.165) is 22.5 Å². The van der Waals surface area contributed by atoms with E-state index in [1.807, 2.05) is 30.3 Å². The van der Waals surface area contributed by atoms with Crippen LogP contribution in [-0.2, 0) is 27.3 Å². The zero-order valence-corrected chi connectivity index (χ0v) is 18.9. The number of hydrogen-bond acceptors (Lipinski definition) is 7. The Labute approximate surface area is 183 Å². The first-order chi connectivity index (χ1) is 14.5. The smallest absolute Gasteiger partial charge is 0.316 e. The largest absolute Gasteiger partial charge is 0.465 e. The second-order valence-corrected chi connectivity index (χ2v) is 9.44. The monoisotopic (exact) mass is 444 g/mol. The molecule has 0 amide bonds. The minimum absolute atomic E-state index is 0.0979. The van der Waals surface area contributed by atoms with Gasteiger partial charge in [-0.2, -0.15) is 0 Å². The number of fused-ring (bicyclic) bond motifs is 3. The number of carbonyl (C=O) groups excluding carboxylic acids is 1. The van der Waals surface area contributed by atoms with Crippen LogP contribution < -0.4 is 5.56 Å². The molecule has 3 heterocycles. The summed E-state index contributed by atoms with van der Waals surface area (Å²) in [5, 5.41) is 1.16. The van der Waals surface area contributed by atoms with Crippen molar-refractivity contribution in [2.45, 2.75) is 51.0 Å². The molecule has 8 heteroatoms. The number of rotatable bonds is 6. The maximum absolute atomic E-state index is 13.7. The summed E-state index contributed by atoms with van der Waals surface area (Å²) in [6.45, 7) is 6.79. The summed E-state index contributed by atoms with van der Waals surface area (Å²) in [6.07, 6.45) is 1.57. The van der Waals surface area contributed by atoms with E-state index in [1.165, 1.54) is 23.1 Å². The van der Waals surface area contributed by atoms with Crippen molar-refractivity contribution in [2.24, 2.45) is 0 Å². The zero-order valence-electron chi connectivity index (χ0n) is 17.3. The van der Waals surface area contributed by atoms with E-state index in [1.54, 1.807) is 11.5 Å². The van der Waals surface area contributed by atoms with E-state index in [9.17, 15) is 9.59 Å². The van der Waals surface area contributed by atoms with Crippen molar-refractivity contribution in [3.63, 3.8) is 0 Å². The molecule has 0 spiro atoms. The van der Waals surface area contributed by atoms with Gasteiger partial charge in [0.05, 0.1) is 35.6 Å². The maximum atomic E-state index is 13.7. The molecule has 4 rings (SSSR count). The molecule has 0 fully saturated rings. The number of hydrogen-bond donors (Lipinski definition) is 0. The van der Waals surface area contributed by atoms with E-state index < -0.39 is 0 Å². The summed E-state index contributed by atoms with van der Waals surface area (Å²) in [5.74, 6) is -0.227. The summed E-state index contributed by atoms with van der Waals surface area (Å²) < 4.78 is 12.7. The molecule has 1 aliphatic rings. The molecule has 30 heavy (non-hydrogen) atoms. The fourth-order valence-corrected chi connectivity index (χ4v) is 5.51. The van der Waals surface area contributed by atoms with Crippen LogP contribution in [0.1, 0.15) is 37.6 Å². The molecular weight excluding hydrogens is 420 g/mol. The molecule has 0 saturated carbocycles. The molecule has 0 bridgehead atoms. The number of ether oxygens (including phenoxy) is 2. The third kappa shape index (κ3) is 3.91. The standard InChI is InChI=1S/C22H24N2O4S2/c1-4-22(3)11-15-16(12-28-22)30-19-18(15)20(26)24(14-9-7-6-8-10-14)21(23-19)29-13-17(25)27-5-2/h6-10H,4-5,11-13H2,1-3H3. The van der Waals surface area contributed by atoms with Crippen LogP contribution in [-0.4, -0.2) is 33.5 Å². The third-order valence-electron chi connectivity index (χ3n) is 5.37. The lowest BCUT2D eigenvalue weighted by molar-refractivity contribution is -0.139. The van der Waals surface area contributed by atoms with Crippen LogP contribution in [0.4, 0.5) is 0 Å². The topological polar surface area (TPSA) is 70.4 Å². The van der Waals surface area contributed by atoms with Gasteiger partial charge in [0.1, 0.15) is 4.83 Å². The van der Waals surface area contributed by atoms with Crippen molar-refractivity contribution in [2.75, 3.05) is 12.4 Å². The lowest BCUT2D eigenvalue weighted by Crippen LogP contribution is -2.34. The van der Waals surface area contributed by atoms with Crippen LogP contribution in [0, 0.1) is 0 Å². The SMILES string of the molecule is CCOC(=O)CSc1nc2sc3c(c2c(=O)n1-c1ccccc1)CC(C)(CC)OC3. The third-order valence-corrected chi connectivity index (χ3v) is 7.38. The molecule has 0 radical (unpaired) electrons. The molecule has 0 N–H and O–H groups in total. The zero-order chi connectivity index (χ0) is 21.3. The summed E-state index contributed by atoms with van der Waals surface area (Å²) in [5.41, 5.74) is 1.40. The molecule has 1 unspecified atom stereocenters. The Kier molecular flexibility index (Phi) is 5.99. The van der Waals surface area contributed by atoms with E-state index >= 15 is 0 Å². The van der Waals surface area contributed by atoms with Gasteiger partial charge < -0.3 is 9.47 Å². The number of thiophene rings is 1. The average molecular weight is 445 g/mol. The Morgan fingerprint density at radius 2 is 2.10 bits per heavy atom. The quantitative estimate of drug-likeness (QED) is 0.320. The highest BCUT2D eigenvalue weighted by molar-refractivity contribution is 7.99. The molecule has 1 aliphatic heterocycles. The maximum Gasteiger partial charge on any atom is 0.316 e. The summed E-state index contributed by atoms with van der Waals surface area (Å²) >= 11 is 2.73. The highest BCUT2D eigenvalue weighted by Gasteiger charge is 2.33. The van der Waals surface area contributed by atoms with Gasteiger partial charge in [-0.25, -0.2) is 4.98 Å². The normalized spacial score (nSPS) is 18.4. The predicted molar refractivity (Wildman–Crippen MR) is 120 cm³/mol. The van der Waals surface area contributed by atoms with Crippen molar-refractivity contribution in [3.05, 3.63) is 51.1 Å². The van der Waals surface area contributed by atoms with Gasteiger partial charge in [0.2, 0.25) is 0 Å². The summed E-state index contributed by atoms with van der Waals surface area (Å²) in [7, 11) is 0. The van der Waals surface area contributed by atoms with Crippen LogP contribution in [0.5, 0.6) is 0 Å². The van der Waals surface area contributed by atoms with Gasteiger partial charge in [-0.3, -0.25) is 14.2 Å². The Morgan fingerprint density at radius 3 is 2.80 bits per heavy atom. The van der Waals surface area contributed by atoms with Crippen molar-refractivity contribution in [1.82, 2.24) is 9.55 Å². The van der Waals surface area contributed by atoms with Crippen molar-refractivity contribution >= 4 is 39.3 Å². The fourth-order valence-electron chi connectivity index (χ4n) is 3.56.